The molecular formula is C28H18Cl2N2O6. The molecule has 0 aliphatic heterocycles. The number of carbonyl (C=O) groups is 3. The molecule has 2 N–H and O–H groups in total. The standard InChI is InChI=1S/C28H18Cl2N2O6/c29-20-10-5-17(6-11-20)27(35)37-22-14-9-19(16-31-32-26(34)23-3-1-2-4-24(23)33)25(15-22)38-28(36)18-7-12-21(30)13-8-18/h1-16,33H,(H,32,34)/b31-16+. The van der Waals surface area contributed by atoms with Crippen molar-refractivity contribution in [3.63, 3.8) is 0 Å². The number of phenols is 1. The number of aromatic hydroxyl groups is 1. The second-order valence-corrected chi connectivity index (χ2v) is 8.58. The maximum Gasteiger partial charge on any atom is 0.343 e. The maximum atomic E-state index is 12.7. The second-order valence-electron chi connectivity index (χ2n) is 7.71. The van der Waals surface area contributed by atoms with Crippen molar-refractivity contribution >= 4 is 47.3 Å². The van der Waals surface area contributed by atoms with Crippen LogP contribution in [0.1, 0.15) is 36.6 Å². The molecule has 0 saturated carbocycles. The molecule has 4 aromatic carbocycles. The molecule has 0 spiro atoms. The van der Waals surface area contributed by atoms with Crippen LogP contribution in [0.5, 0.6) is 17.2 Å². The van der Waals surface area contributed by atoms with Gasteiger partial charge >= 0.3 is 11.9 Å². The monoisotopic (exact) mass is 548 g/mol. The average Bonchev–Trinajstić information content (AvgIpc) is 2.90. The summed E-state index contributed by atoms with van der Waals surface area (Å²) in [4.78, 5) is 37.6. The van der Waals surface area contributed by atoms with Crippen molar-refractivity contribution in [1.82, 2.24) is 5.43 Å². The third-order valence-electron chi connectivity index (χ3n) is 5.08. The highest BCUT2D eigenvalue weighted by atomic mass is 35.5. The number of hydrazone groups is 1. The Morgan fingerprint density at radius 2 is 1.34 bits per heavy atom. The molecule has 0 atom stereocenters. The lowest BCUT2D eigenvalue weighted by atomic mass is 10.2. The number of benzene rings is 4. The molecule has 0 aliphatic rings. The zero-order valence-corrected chi connectivity index (χ0v) is 20.9. The van der Waals surface area contributed by atoms with Gasteiger partial charge in [-0.05, 0) is 72.8 Å². The zero-order valence-electron chi connectivity index (χ0n) is 19.4. The van der Waals surface area contributed by atoms with E-state index in [1.807, 2.05) is 0 Å². The fourth-order valence-electron chi connectivity index (χ4n) is 3.16. The van der Waals surface area contributed by atoms with E-state index in [1.165, 1.54) is 60.8 Å². The smallest absolute Gasteiger partial charge is 0.343 e. The first-order valence-corrected chi connectivity index (χ1v) is 11.8. The molecule has 0 heterocycles. The number of ether oxygens (including phenoxy) is 2. The maximum absolute atomic E-state index is 12.7. The largest absolute Gasteiger partial charge is 0.507 e. The van der Waals surface area contributed by atoms with Crippen molar-refractivity contribution in [1.29, 1.82) is 0 Å². The second kappa shape index (κ2) is 12.1. The quantitative estimate of drug-likeness (QED) is 0.128. The lowest BCUT2D eigenvalue weighted by molar-refractivity contribution is 0.0732. The summed E-state index contributed by atoms with van der Waals surface area (Å²) in [6, 6.07) is 22.5. The van der Waals surface area contributed by atoms with Crippen LogP contribution in [0.3, 0.4) is 0 Å². The van der Waals surface area contributed by atoms with Gasteiger partial charge in [-0.1, -0.05) is 35.3 Å². The van der Waals surface area contributed by atoms with E-state index in [-0.39, 0.29) is 39.5 Å². The molecule has 4 aromatic rings. The van der Waals surface area contributed by atoms with Crippen molar-refractivity contribution in [3.8, 4) is 17.2 Å². The van der Waals surface area contributed by atoms with E-state index in [1.54, 1.807) is 36.4 Å². The molecule has 0 saturated heterocycles. The molecule has 190 valence electrons. The van der Waals surface area contributed by atoms with Crippen LogP contribution in [-0.4, -0.2) is 29.2 Å². The van der Waals surface area contributed by atoms with Crippen molar-refractivity contribution in [2.24, 2.45) is 5.10 Å². The number of hydrogen-bond acceptors (Lipinski definition) is 7. The third-order valence-corrected chi connectivity index (χ3v) is 5.58. The Bertz CT molecular complexity index is 1520. The predicted octanol–water partition coefficient (Wildman–Crippen LogP) is 5.90. The fourth-order valence-corrected chi connectivity index (χ4v) is 3.41. The first-order chi connectivity index (χ1) is 18.3. The van der Waals surface area contributed by atoms with Gasteiger partial charge in [-0.25, -0.2) is 15.0 Å². The van der Waals surface area contributed by atoms with Crippen molar-refractivity contribution in [2.45, 2.75) is 0 Å². The minimum absolute atomic E-state index is 0.00640. The SMILES string of the molecule is O=C(Oc1ccc(/C=N/NC(=O)c2ccccc2O)c(OC(=O)c2ccc(Cl)cc2)c1)c1ccc(Cl)cc1. The number of rotatable bonds is 7. The van der Waals surface area contributed by atoms with Gasteiger partial charge in [0.15, 0.2) is 0 Å². The Labute approximate surface area is 227 Å². The molecule has 0 aliphatic carbocycles. The average molecular weight is 549 g/mol. The van der Waals surface area contributed by atoms with Gasteiger partial charge in [0.05, 0.1) is 22.9 Å². The molecule has 0 aromatic heterocycles. The minimum Gasteiger partial charge on any atom is -0.507 e. The zero-order chi connectivity index (χ0) is 27.1. The molecule has 4 rings (SSSR count). The van der Waals surface area contributed by atoms with Crippen LogP contribution in [0.25, 0.3) is 0 Å². The number of amides is 1. The van der Waals surface area contributed by atoms with E-state index in [4.69, 9.17) is 32.7 Å². The van der Waals surface area contributed by atoms with E-state index in [0.717, 1.165) is 0 Å². The van der Waals surface area contributed by atoms with Crippen molar-refractivity contribution in [2.75, 3.05) is 0 Å². The summed E-state index contributed by atoms with van der Waals surface area (Å²) in [6.07, 6.45) is 1.24. The third kappa shape index (κ3) is 6.76. The molecule has 1 amide bonds. The summed E-state index contributed by atoms with van der Waals surface area (Å²) < 4.78 is 11.0. The summed E-state index contributed by atoms with van der Waals surface area (Å²) in [7, 11) is 0. The summed E-state index contributed by atoms with van der Waals surface area (Å²) >= 11 is 11.8. The summed E-state index contributed by atoms with van der Waals surface area (Å²) in [5.74, 6) is -2.09. The molecule has 0 fully saturated rings. The van der Waals surface area contributed by atoms with E-state index in [2.05, 4.69) is 10.5 Å². The number of halogens is 2. The highest BCUT2D eigenvalue weighted by molar-refractivity contribution is 6.31. The lowest BCUT2D eigenvalue weighted by Crippen LogP contribution is -2.18. The van der Waals surface area contributed by atoms with E-state index in [0.29, 0.717) is 10.0 Å². The highest BCUT2D eigenvalue weighted by Crippen LogP contribution is 2.26. The molecule has 0 bridgehead atoms. The number of nitrogens with zero attached hydrogens (tertiary/aromatic N) is 1. The number of para-hydroxylation sites is 1. The lowest BCUT2D eigenvalue weighted by Gasteiger charge is -2.11. The Kier molecular flexibility index (Phi) is 8.37. The molecular weight excluding hydrogens is 531 g/mol. The van der Waals surface area contributed by atoms with Gasteiger partial charge in [0.1, 0.15) is 17.2 Å². The summed E-state index contributed by atoms with van der Waals surface area (Å²) in [5.41, 5.74) is 3.12. The first kappa shape index (κ1) is 26.4. The van der Waals surface area contributed by atoms with Crippen molar-refractivity contribution in [3.05, 3.63) is 123 Å². The number of nitrogens with one attached hydrogen (secondary N) is 1. The van der Waals surface area contributed by atoms with Crippen LogP contribution in [0.2, 0.25) is 10.0 Å². The van der Waals surface area contributed by atoms with Gasteiger partial charge in [0, 0.05) is 21.7 Å². The summed E-state index contributed by atoms with van der Waals surface area (Å²) in [5, 5.41) is 14.6. The van der Waals surface area contributed by atoms with Gasteiger partial charge in [-0.3, -0.25) is 4.79 Å². The number of hydrogen-bond donors (Lipinski definition) is 2. The highest BCUT2D eigenvalue weighted by Gasteiger charge is 2.15. The Morgan fingerprint density at radius 3 is 1.95 bits per heavy atom. The van der Waals surface area contributed by atoms with Gasteiger partial charge in [0.25, 0.3) is 5.91 Å². The number of phenolic OH excluding ortho intramolecular Hbond substituents is 1. The Hall–Kier alpha value is -4.66. The Morgan fingerprint density at radius 1 is 0.763 bits per heavy atom. The molecule has 0 radical (unpaired) electrons. The topological polar surface area (TPSA) is 114 Å². The van der Waals surface area contributed by atoms with Crippen LogP contribution in [-0.2, 0) is 0 Å². The Balaban J connectivity index is 1.57. The number of esters is 2. The van der Waals surface area contributed by atoms with E-state index >= 15 is 0 Å². The molecule has 0 unspecified atom stereocenters. The fraction of sp³-hybridized carbons (Fsp3) is 0. The van der Waals surface area contributed by atoms with Gasteiger partial charge < -0.3 is 14.6 Å². The summed E-state index contributed by atoms with van der Waals surface area (Å²) in [6.45, 7) is 0. The predicted molar refractivity (Wildman–Crippen MR) is 142 cm³/mol. The van der Waals surface area contributed by atoms with E-state index < -0.39 is 17.8 Å². The van der Waals surface area contributed by atoms with Gasteiger partial charge in [-0.15, -0.1) is 0 Å². The normalized spacial score (nSPS) is 10.7. The van der Waals surface area contributed by atoms with Crippen LogP contribution < -0.4 is 14.9 Å². The van der Waals surface area contributed by atoms with Gasteiger partial charge in [0.2, 0.25) is 0 Å². The van der Waals surface area contributed by atoms with Crippen LogP contribution in [0.15, 0.2) is 96.1 Å². The van der Waals surface area contributed by atoms with E-state index in [9.17, 15) is 19.5 Å². The number of carbonyl (C=O) groups excluding carboxylic acids is 3. The molecule has 38 heavy (non-hydrogen) atoms. The molecule has 8 nitrogen and oxygen atoms in total. The minimum atomic E-state index is -0.698. The van der Waals surface area contributed by atoms with Crippen molar-refractivity contribution < 1.29 is 29.0 Å². The van der Waals surface area contributed by atoms with Gasteiger partial charge in [-0.2, -0.15) is 5.10 Å². The first-order valence-electron chi connectivity index (χ1n) is 11.0. The van der Waals surface area contributed by atoms with Crippen LogP contribution >= 0.6 is 23.2 Å². The van der Waals surface area contributed by atoms with Crippen LogP contribution in [0.4, 0.5) is 0 Å². The molecule has 10 heteroatoms. The van der Waals surface area contributed by atoms with Crippen LogP contribution in [0, 0.1) is 0 Å².